The molecule has 3 heteroatoms. The molecule has 0 fully saturated rings. The average molecular weight is 349 g/mol. The molecule has 0 saturated carbocycles. The highest BCUT2D eigenvalue weighted by Crippen LogP contribution is 2.45. The molecular formula is C17H18BrOP. The number of halogens is 1. The van der Waals surface area contributed by atoms with Gasteiger partial charge < -0.3 is 0 Å². The zero-order valence-corrected chi connectivity index (χ0v) is 14.2. The first-order valence-electron chi connectivity index (χ1n) is 6.67. The van der Waals surface area contributed by atoms with Crippen molar-refractivity contribution in [3.8, 4) is 0 Å². The van der Waals surface area contributed by atoms with E-state index in [4.69, 9.17) is 0 Å². The van der Waals surface area contributed by atoms with Gasteiger partial charge in [0.05, 0.1) is 0 Å². The summed E-state index contributed by atoms with van der Waals surface area (Å²) in [6, 6.07) is 16.7. The summed E-state index contributed by atoms with van der Waals surface area (Å²) in [5.41, 5.74) is 4.63. The van der Waals surface area contributed by atoms with Gasteiger partial charge in [-0.15, -0.1) is 0 Å². The third-order valence-corrected chi connectivity index (χ3v) is 5.12. The van der Waals surface area contributed by atoms with Crippen molar-refractivity contribution in [3.63, 3.8) is 0 Å². The van der Waals surface area contributed by atoms with Gasteiger partial charge in [-0.1, -0.05) is 75.6 Å². The summed E-state index contributed by atoms with van der Waals surface area (Å²) < 4.78 is 12.1. The third-order valence-electron chi connectivity index (χ3n) is 3.67. The van der Waals surface area contributed by atoms with E-state index in [0.717, 1.165) is 22.9 Å². The van der Waals surface area contributed by atoms with Crippen LogP contribution in [0.15, 0.2) is 48.5 Å². The Labute approximate surface area is 130 Å². The molecule has 0 atom stereocenters. The van der Waals surface area contributed by atoms with E-state index in [9.17, 15) is 4.57 Å². The highest BCUT2D eigenvalue weighted by Gasteiger charge is 2.34. The molecule has 0 heterocycles. The smallest absolute Gasteiger partial charge is 0.171 e. The Kier molecular flexibility index (Phi) is 5.12. The van der Waals surface area contributed by atoms with Crippen molar-refractivity contribution in [1.82, 2.24) is 0 Å². The molecule has 1 nitrogen and oxygen atoms in total. The van der Waals surface area contributed by atoms with Gasteiger partial charge in [-0.3, -0.25) is 4.57 Å². The second-order valence-corrected chi connectivity index (χ2v) is 6.86. The Balaban J connectivity index is 2.57. The Bertz CT molecular complexity index is 529. The Morgan fingerprint density at radius 3 is 1.60 bits per heavy atom. The number of benzene rings is 2. The monoisotopic (exact) mass is 348 g/mol. The summed E-state index contributed by atoms with van der Waals surface area (Å²) in [6.45, 7) is 4.13. The van der Waals surface area contributed by atoms with Gasteiger partial charge in [-0.25, -0.2) is 0 Å². The van der Waals surface area contributed by atoms with Gasteiger partial charge in [0.1, 0.15) is 5.16 Å². The maximum atomic E-state index is 12.1. The van der Waals surface area contributed by atoms with Crippen LogP contribution in [-0.4, -0.2) is 5.33 Å². The largest absolute Gasteiger partial charge is 0.274 e. The minimum Gasteiger partial charge on any atom is -0.274 e. The fourth-order valence-electron chi connectivity index (χ4n) is 2.40. The van der Waals surface area contributed by atoms with Crippen molar-refractivity contribution in [1.29, 1.82) is 0 Å². The van der Waals surface area contributed by atoms with E-state index in [-0.39, 0.29) is 8.46 Å². The lowest BCUT2D eigenvalue weighted by Gasteiger charge is -2.27. The van der Waals surface area contributed by atoms with Crippen LogP contribution < -0.4 is 0 Å². The molecule has 0 bridgehead atoms. The number of hydrogen-bond acceptors (Lipinski definition) is 1. The first-order valence-corrected chi connectivity index (χ1v) is 8.60. The van der Waals surface area contributed by atoms with E-state index in [0.29, 0.717) is 0 Å². The van der Waals surface area contributed by atoms with Gasteiger partial charge in [-0.05, 0) is 31.4 Å². The maximum absolute atomic E-state index is 12.1. The molecular weight excluding hydrogens is 331 g/mol. The van der Waals surface area contributed by atoms with Crippen molar-refractivity contribution in [2.75, 3.05) is 5.33 Å². The van der Waals surface area contributed by atoms with E-state index in [1.165, 1.54) is 11.1 Å². The second kappa shape index (κ2) is 6.65. The van der Waals surface area contributed by atoms with Crippen molar-refractivity contribution in [2.24, 2.45) is 0 Å². The molecule has 0 radical (unpaired) electrons. The van der Waals surface area contributed by atoms with Gasteiger partial charge in [0.25, 0.3) is 0 Å². The number of alkyl halides is 1. The molecule has 0 amide bonds. The molecule has 2 rings (SSSR count). The summed E-state index contributed by atoms with van der Waals surface area (Å²) in [4.78, 5) is 0. The minimum absolute atomic E-state index is 0.137. The van der Waals surface area contributed by atoms with Crippen LogP contribution in [0.5, 0.6) is 0 Å². The molecule has 0 aliphatic heterocycles. The lowest BCUT2D eigenvalue weighted by molar-refractivity contribution is 0.570. The molecule has 0 spiro atoms. The Morgan fingerprint density at radius 2 is 1.30 bits per heavy atom. The Morgan fingerprint density at radius 1 is 0.900 bits per heavy atom. The molecule has 104 valence electrons. The van der Waals surface area contributed by atoms with Crippen LogP contribution in [0.4, 0.5) is 0 Å². The van der Waals surface area contributed by atoms with Gasteiger partial charge >= 0.3 is 0 Å². The summed E-state index contributed by atoms with van der Waals surface area (Å²) in [6.07, 6.45) is 0.796. The van der Waals surface area contributed by atoms with E-state index < -0.39 is 5.16 Å². The van der Waals surface area contributed by atoms with Gasteiger partial charge in [0, 0.05) is 5.33 Å². The fourth-order valence-corrected chi connectivity index (χ4v) is 4.01. The Hall–Kier alpha value is -0.980. The zero-order chi connectivity index (χ0) is 14.6. The summed E-state index contributed by atoms with van der Waals surface area (Å²) in [5, 5.41) is 0.342. The van der Waals surface area contributed by atoms with E-state index in [1.807, 2.05) is 0 Å². The SMILES string of the molecule is Cc1ccc(C(CCBr)(P=O)c2ccc(C)cc2)cc1. The predicted octanol–water partition coefficient (Wildman–Crippen LogP) is 5.62. The van der Waals surface area contributed by atoms with E-state index in [2.05, 4.69) is 78.3 Å². The van der Waals surface area contributed by atoms with Crippen molar-refractivity contribution in [3.05, 3.63) is 70.8 Å². The fraction of sp³-hybridized carbons (Fsp3) is 0.294. The predicted molar refractivity (Wildman–Crippen MR) is 89.2 cm³/mol. The van der Waals surface area contributed by atoms with Gasteiger partial charge in [0.2, 0.25) is 0 Å². The summed E-state index contributed by atoms with van der Waals surface area (Å²) in [7, 11) is 0.137. The minimum atomic E-state index is -0.467. The van der Waals surface area contributed by atoms with Crippen LogP contribution in [0.2, 0.25) is 0 Å². The molecule has 0 aliphatic carbocycles. The van der Waals surface area contributed by atoms with Gasteiger partial charge in [0.15, 0.2) is 8.46 Å². The molecule has 2 aromatic rings. The van der Waals surface area contributed by atoms with E-state index in [1.54, 1.807) is 0 Å². The van der Waals surface area contributed by atoms with Crippen molar-refractivity contribution in [2.45, 2.75) is 25.4 Å². The van der Waals surface area contributed by atoms with Crippen LogP contribution in [0.3, 0.4) is 0 Å². The zero-order valence-electron chi connectivity index (χ0n) is 11.8. The normalized spacial score (nSPS) is 11.8. The highest BCUT2D eigenvalue weighted by atomic mass is 79.9. The lowest BCUT2D eigenvalue weighted by atomic mass is 9.87. The quantitative estimate of drug-likeness (QED) is 0.505. The number of hydrogen-bond donors (Lipinski definition) is 0. The van der Waals surface area contributed by atoms with Crippen molar-refractivity contribution < 1.29 is 4.57 Å². The standard InChI is InChI=1S/C17H18BrOP/c1-13-3-7-15(8-4-13)17(20-19,11-12-18)16-9-5-14(2)6-10-16/h3-10H,11-12H2,1-2H3. The molecule has 0 saturated heterocycles. The van der Waals surface area contributed by atoms with Crippen LogP contribution in [0.25, 0.3) is 0 Å². The average Bonchev–Trinajstić information content (AvgIpc) is 2.47. The van der Waals surface area contributed by atoms with Crippen LogP contribution in [0, 0.1) is 13.8 Å². The molecule has 0 aliphatic rings. The second-order valence-electron chi connectivity index (χ2n) is 5.12. The van der Waals surface area contributed by atoms with Crippen LogP contribution in [-0.2, 0) is 9.72 Å². The first-order chi connectivity index (χ1) is 9.62. The van der Waals surface area contributed by atoms with Crippen LogP contribution in [0.1, 0.15) is 28.7 Å². The molecule has 20 heavy (non-hydrogen) atoms. The number of rotatable bonds is 5. The first kappa shape index (κ1) is 15.4. The summed E-state index contributed by atoms with van der Waals surface area (Å²) >= 11 is 3.51. The van der Waals surface area contributed by atoms with Crippen LogP contribution >= 0.6 is 24.4 Å². The molecule has 0 aromatic heterocycles. The number of aryl methyl sites for hydroxylation is 2. The third kappa shape index (κ3) is 3.02. The molecule has 2 aromatic carbocycles. The molecule has 0 N–H and O–H groups in total. The summed E-state index contributed by atoms with van der Waals surface area (Å²) in [5.74, 6) is 0. The topological polar surface area (TPSA) is 17.1 Å². The van der Waals surface area contributed by atoms with Crippen molar-refractivity contribution >= 4 is 24.4 Å². The lowest BCUT2D eigenvalue weighted by Crippen LogP contribution is -2.21. The van der Waals surface area contributed by atoms with E-state index >= 15 is 0 Å². The highest BCUT2D eigenvalue weighted by molar-refractivity contribution is 9.09. The maximum Gasteiger partial charge on any atom is 0.171 e. The van der Waals surface area contributed by atoms with Gasteiger partial charge in [-0.2, -0.15) is 0 Å². The molecule has 0 unspecified atom stereocenters.